The maximum absolute atomic E-state index is 12.8. The van der Waals surface area contributed by atoms with Crippen LogP contribution in [0.1, 0.15) is 23.7 Å². The Morgan fingerprint density at radius 1 is 1.29 bits per heavy atom. The highest BCUT2D eigenvalue weighted by Gasteiger charge is 2.37. The lowest BCUT2D eigenvalue weighted by Crippen LogP contribution is -2.18. The van der Waals surface area contributed by atoms with Crippen LogP contribution in [0.25, 0.3) is 0 Å². The fourth-order valence-corrected chi connectivity index (χ4v) is 2.07. The molecule has 17 heavy (non-hydrogen) atoms. The first-order chi connectivity index (χ1) is 8.00. The second-order valence-corrected chi connectivity index (χ2v) is 4.15. The van der Waals surface area contributed by atoms with Gasteiger partial charge in [0.2, 0.25) is 0 Å². The Labute approximate surface area is 97.0 Å². The minimum Gasteiger partial charge on any atom is -0.388 e. The molecule has 0 saturated carbocycles. The molecule has 2 unspecified atom stereocenters. The van der Waals surface area contributed by atoms with Gasteiger partial charge in [-0.25, -0.2) is 0 Å². The molecule has 1 fully saturated rings. The molecule has 1 aliphatic heterocycles. The highest BCUT2D eigenvalue weighted by Crippen LogP contribution is 2.38. The van der Waals surface area contributed by atoms with E-state index in [0.717, 1.165) is 6.07 Å². The van der Waals surface area contributed by atoms with Crippen molar-refractivity contribution in [2.24, 2.45) is 5.92 Å². The van der Waals surface area contributed by atoms with E-state index in [1.807, 2.05) is 0 Å². The number of alkyl halides is 3. The predicted octanol–water partition coefficient (Wildman–Crippen LogP) is 2.78. The molecule has 1 saturated heterocycles. The van der Waals surface area contributed by atoms with E-state index in [1.54, 1.807) is 0 Å². The van der Waals surface area contributed by atoms with E-state index in [4.69, 9.17) is 4.74 Å². The Hall–Kier alpha value is -1.07. The molecule has 2 rings (SSSR count). The van der Waals surface area contributed by atoms with Crippen LogP contribution in [0.5, 0.6) is 0 Å². The van der Waals surface area contributed by atoms with Crippen LogP contribution in [0.4, 0.5) is 13.2 Å². The van der Waals surface area contributed by atoms with Gasteiger partial charge in [-0.05, 0) is 18.1 Å². The molecule has 1 N–H and O–H groups in total. The molecule has 5 heteroatoms. The van der Waals surface area contributed by atoms with Crippen molar-refractivity contribution in [1.82, 2.24) is 0 Å². The third kappa shape index (κ3) is 2.61. The lowest BCUT2D eigenvalue weighted by Gasteiger charge is -2.21. The van der Waals surface area contributed by atoms with Crippen molar-refractivity contribution >= 4 is 0 Å². The molecule has 1 heterocycles. The molecule has 94 valence electrons. The van der Waals surface area contributed by atoms with Crippen LogP contribution in [0.2, 0.25) is 0 Å². The summed E-state index contributed by atoms with van der Waals surface area (Å²) in [6.45, 7) is 0.809. The molecule has 1 aliphatic rings. The Kier molecular flexibility index (Phi) is 3.40. The molecule has 0 aliphatic carbocycles. The van der Waals surface area contributed by atoms with Crippen LogP contribution < -0.4 is 0 Å². The van der Waals surface area contributed by atoms with Crippen molar-refractivity contribution in [2.45, 2.75) is 18.7 Å². The summed E-state index contributed by atoms with van der Waals surface area (Å²) < 4.78 is 43.3. The Morgan fingerprint density at radius 3 is 2.59 bits per heavy atom. The first-order valence-corrected chi connectivity index (χ1v) is 5.42. The number of aliphatic hydroxyl groups is 1. The molecular weight excluding hydrogens is 233 g/mol. The number of hydrogen-bond acceptors (Lipinski definition) is 2. The summed E-state index contributed by atoms with van der Waals surface area (Å²) in [4.78, 5) is 0. The van der Waals surface area contributed by atoms with Crippen molar-refractivity contribution in [3.63, 3.8) is 0 Å². The van der Waals surface area contributed by atoms with Crippen LogP contribution >= 0.6 is 0 Å². The molecule has 0 amide bonds. The molecule has 2 atom stereocenters. The smallest absolute Gasteiger partial charge is 0.388 e. The normalized spacial score (nSPS) is 22.7. The quantitative estimate of drug-likeness (QED) is 0.869. The maximum Gasteiger partial charge on any atom is 0.416 e. The fraction of sp³-hybridized carbons (Fsp3) is 0.500. The van der Waals surface area contributed by atoms with Gasteiger partial charge < -0.3 is 9.84 Å². The largest absolute Gasteiger partial charge is 0.416 e. The van der Waals surface area contributed by atoms with E-state index in [0.29, 0.717) is 19.6 Å². The van der Waals surface area contributed by atoms with Crippen LogP contribution in [0.15, 0.2) is 24.3 Å². The van der Waals surface area contributed by atoms with Gasteiger partial charge in [-0.2, -0.15) is 13.2 Å². The maximum atomic E-state index is 12.8. The topological polar surface area (TPSA) is 29.5 Å². The highest BCUT2D eigenvalue weighted by atomic mass is 19.4. The summed E-state index contributed by atoms with van der Waals surface area (Å²) in [6, 6.07) is 5.15. The fourth-order valence-electron chi connectivity index (χ4n) is 2.07. The van der Waals surface area contributed by atoms with Gasteiger partial charge in [0.25, 0.3) is 0 Å². The van der Waals surface area contributed by atoms with Crippen molar-refractivity contribution in [2.75, 3.05) is 13.2 Å². The summed E-state index contributed by atoms with van der Waals surface area (Å²) in [6.07, 6.45) is -4.96. The number of ether oxygens (including phenoxy) is 1. The van der Waals surface area contributed by atoms with Gasteiger partial charge in [-0.1, -0.05) is 18.2 Å². The third-order valence-electron chi connectivity index (χ3n) is 3.00. The summed E-state index contributed by atoms with van der Waals surface area (Å²) >= 11 is 0. The number of hydrogen-bond donors (Lipinski definition) is 1. The second kappa shape index (κ2) is 4.66. The van der Waals surface area contributed by atoms with Gasteiger partial charge in [-0.15, -0.1) is 0 Å². The summed E-state index contributed by atoms with van der Waals surface area (Å²) in [5, 5.41) is 9.98. The van der Waals surface area contributed by atoms with Crippen molar-refractivity contribution < 1.29 is 23.0 Å². The predicted molar refractivity (Wildman–Crippen MR) is 55.3 cm³/mol. The first-order valence-electron chi connectivity index (χ1n) is 5.42. The first kappa shape index (κ1) is 12.4. The molecule has 1 aromatic carbocycles. The van der Waals surface area contributed by atoms with E-state index < -0.39 is 17.8 Å². The van der Waals surface area contributed by atoms with Crippen molar-refractivity contribution in [1.29, 1.82) is 0 Å². The molecule has 1 aromatic rings. The minimum absolute atomic E-state index is 0.0597. The molecule has 0 spiro atoms. The SMILES string of the molecule is OC(c1ccccc1C(F)(F)F)C1CCOC1. The summed E-state index contributed by atoms with van der Waals surface area (Å²) in [7, 11) is 0. The highest BCUT2D eigenvalue weighted by molar-refractivity contribution is 5.32. The average molecular weight is 246 g/mol. The number of benzene rings is 1. The number of aliphatic hydroxyl groups excluding tert-OH is 1. The lowest BCUT2D eigenvalue weighted by molar-refractivity contribution is -0.139. The second-order valence-electron chi connectivity index (χ2n) is 4.15. The minimum atomic E-state index is -4.43. The number of rotatable bonds is 2. The lowest BCUT2D eigenvalue weighted by atomic mass is 9.91. The number of halogens is 3. The summed E-state index contributed by atoms with van der Waals surface area (Å²) in [5.41, 5.74) is -0.824. The molecular formula is C12H13F3O2. The van der Waals surface area contributed by atoms with E-state index in [2.05, 4.69) is 0 Å². The Morgan fingerprint density at radius 2 is 2.00 bits per heavy atom. The standard InChI is InChI=1S/C12H13F3O2/c13-12(14,15)10-4-2-1-3-9(10)11(16)8-5-6-17-7-8/h1-4,8,11,16H,5-7H2. The van der Waals surface area contributed by atoms with Crippen LogP contribution in [-0.4, -0.2) is 18.3 Å². The van der Waals surface area contributed by atoms with E-state index in [-0.39, 0.29) is 11.5 Å². The van der Waals surface area contributed by atoms with Crippen molar-refractivity contribution in [3.8, 4) is 0 Å². The van der Waals surface area contributed by atoms with E-state index in [1.165, 1.54) is 18.2 Å². The van der Waals surface area contributed by atoms with Crippen LogP contribution in [0.3, 0.4) is 0 Å². The van der Waals surface area contributed by atoms with Crippen molar-refractivity contribution in [3.05, 3.63) is 35.4 Å². The van der Waals surface area contributed by atoms with Gasteiger partial charge in [0.15, 0.2) is 0 Å². The Bertz CT molecular complexity index is 384. The molecule has 0 bridgehead atoms. The summed E-state index contributed by atoms with van der Waals surface area (Å²) in [5.74, 6) is -0.251. The molecule has 0 radical (unpaired) electrons. The Balaban J connectivity index is 2.31. The monoisotopic (exact) mass is 246 g/mol. The van der Waals surface area contributed by atoms with E-state index in [9.17, 15) is 18.3 Å². The molecule has 0 aromatic heterocycles. The van der Waals surface area contributed by atoms with Gasteiger partial charge in [0.1, 0.15) is 0 Å². The third-order valence-corrected chi connectivity index (χ3v) is 3.00. The average Bonchev–Trinajstić information content (AvgIpc) is 2.80. The van der Waals surface area contributed by atoms with Crippen LogP contribution in [0, 0.1) is 5.92 Å². The molecule has 2 nitrogen and oxygen atoms in total. The van der Waals surface area contributed by atoms with Gasteiger partial charge in [0.05, 0.1) is 18.3 Å². The van der Waals surface area contributed by atoms with E-state index >= 15 is 0 Å². The van der Waals surface area contributed by atoms with Crippen LogP contribution in [-0.2, 0) is 10.9 Å². The zero-order valence-electron chi connectivity index (χ0n) is 9.07. The van der Waals surface area contributed by atoms with Gasteiger partial charge >= 0.3 is 6.18 Å². The zero-order valence-corrected chi connectivity index (χ0v) is 9.07. The van der Waals surface area contributed by atoms with Gasteiger partial charge in [0, 0.05) is 12.5 Å². The van der Waals surface area contributed by atoms with Gasteiger partial charge in [-0.3, -0.25) is 0 Å². The zero-order chi connectivity index (χ0) is 12.5.